The highest BCUT2D eigenvalue weighted by molar-refractivity contribution is 6.76. The fourth-order valence-electron chi connectivity index (χ4n) is 6.17. The van der Waals surface area contributed by atoms with Crippen molar-refractivity contribution in [1.82, 2.24) is 14.8 Å². The van der Waals surface area contributed by atoms with Gasteiger partial charge in [0.2, 0.25) is 5.91 Å². The van der Waals surface area contributed by atoms with Gasteiger partial charge in [-0.15, -0.1) is 0 Å². The van der Waals surface area contributed by atoms with Crippen LogP contribution in [0.2, 0.25) is 25.7 Å². The van der Waals surface area contributed by atoms with Crippen LogP contribution in [0.25, 0.3) is 22.3 Å². The van der Waals surface area contributed by atoms with Crippen LogP contribution in [0.1, 0.15) is 61.9 Å². The van der Waals surface area contributed by atoms with Gasteiger partial charge in [0.25, 0.3) is 0 Å². The number of H-pyrrole nitrogens is 1. The number of aromatic nitrogens is 3. The van der Waals surface area contributed by atoms with E-state index in [1.165, 1.54) is 22.1 Å². The predicted octanol–water partition coefficient (Wildman–Crippen LogP) is 6.16. The first-order valence-corrected chi connectivity index (χ1v) is 16.7. The van der Waals surface area contributed by atoms with E-state index < -0.39 is 8.07 Å². The number of aryl methyl sites for hydroxylation is 2. The van der Waals surface area contributed by atoms with Gasteiger partial charge in [0.05, 0.1) is 11.1 Å². The van der Waals surface area contributed by atoms with E-state index in [0.717, 1.165) is 80.2 Å². The zero-order chi connectivity index (χ0) is 23.7. The van der Waals surface area contributed by atoms with Crippen LogP contribution >= 0.6 is 0 Å². The van der Waals surface area contributed by atoms with Crippen molar-refractivity contribution in [2.24, 2.45) is 0 Å². The van der Waals surface area contributed by atoms with Crippen molar-refractivity contribution in [2.45, 2.75) is 89.2 Å². The molecule has 3 aromatic rings. The molecule has 1 amide bonds. The molecule has 2 aliphatic carbocycles. The molecule has 1 spiro atoms. The number of ether oxygens (including phenoxy) is 1. The number of anilines is 1. The Morgan fingerprint density at radius 1 is 1.18 bits per heavy atom. The fraction of sp³-hybridized carbons (Fsp3) is 0.556. The monoisotopic (exact) mass is 476 g/mol. The SMILES string of the molecule is CC(OCC[Si](C)(C)C)n1cc2c(n1)-c1[nH]c3cc4c(cc3c1CCC2)NC(=O)C41CCCC1. The Labute approximate surface area is 202 Å². The largest absolute Gasteiger partial charge is 0.357 e. The highest BCUT2D eigenvalue weighted by Gasteiger charge is 2.48. The normalized spacial score (nSPS) is 19.7. The molecule has 0 bridgehead atoms. The number of hydrogen-bond acceptors (Lipinski definition) is 3. The van der Waals surface area contributed by atoms with E-state index in [0.29, 0.717) is 0 Å². The van der Waals surface area contributed by atoms with Crippen LogP contribution in [-0.2, 0) is 27.8 Å². The Bertz CT molecular complexity index is 1280. The van der Waals surface area contributed by atoms with Gasteiger partial charge in [0, 0.05) is 37.5 Å². The molecule has 1 atom stereocenters. The summed E-state index contributed by atoms with van der Waals surface area (Å²) in [6.07, 6.45) is 9.43. The molecule has 34 heavy (non-hydrogen) atoms. The van der Waals surface area contributed by atoms with E-state index in [-0.39, 0.29) is 17.6 Å². The summed E-state index contributed by atoms with van der Waals surface area (Å²) in [5.41, 5.74) is 7.84. The summed E-state index contributed by atoms with van der Waals surface area (Å²) in [7, 11) is -1.12. The highest BCUT2D eigenvalue weighted by Crippen LogP contribution is 2.50. The number of amides is 1. The third kappa shape index (κ3) is 3.47. The molecule has 2 N–H and O–H groups in total. The van der Waals surface area contributed by atoms with Crippen molar-refractivity contribution >= 4 is 30.6 Å². The lowest BCUT2D eigenvalue weighted by molar-refractivity contribution is -0.120. The molecule has 2 aromatic heterocycles. The van der Waals surface area contributed by atoms with Crippen LogP contribution in [0.3, 0.4) is 0 Å². The first kappa shape index (κ1) is 22.1. The standard InChI is InChI=1S/C27H36N4O2Si/c1-17(33-12-13-34(2,3)4)31-16-18-8-7-9-19-20-14-23-21(15-22(20)28-25(19)24(18)30-31)27(26(32)29-23)10-5-6-11-27/h14-17,28H,5-13H2,1-4H3,(H,29,32). The summed E-state index contributed by atoms with van der Waals surface area (Å²) in [5.74, 6) is 0.197. The summed E-state index contributed by atoms with van der Waals surface area (Å²) in [5, 5.41) is 9.47. The zero-order valence-electron chi connectivity index (χ0n) is 20.9. The Hall–Kier alpha value is -2.38. The molecule has 6 nitrogen and oxygen atoms in total. The highest BCUT2D eigenvalue weighted by atomic mass is 28.3. The number of benzene rings is 1. The number of nitrogens with one attached hydrogen (secondary N) is 2. The molecule has 1 unspecified atom stereocenters. The molecule has 6 rings (SSSR count). The van der Waals surface area contributed by atoms with E-state index in [1.807, 2.05) is 4.68 Å². The van der Waals surface area contributed by atoms with Crippen molar-refractivity contribution < 1.29 is 9.53 Å². The molecule has 0 radical (unpaired) electrons. The van der Waals surface area contributed by atoms with Crippen LogP contribution in [0.5, 0.6) is 0 Å². The van der Waals surface area contributed by atoms with E-state index >= 15 is 0 Å². The Morgan fingerprint density at radius 2 is 1.97 bits per heavy atom. The summed E-state index contributed by atoms with van der Waals surface area (Å²) in [4.78, 5) is 16.6. The van der Waals surface area contributed by atoms with Crippen molar-refractivity contribution in [3.8, 4) is 11.4 Å². The average Bonchev–Trinajstić information content (AvgIpc) is 3.52. The van der Waals surface area contributed by atoms with E-state index in [1.54, 1.807) is 0 Å². The first-order valence-electron chi connectivity index (χ1n) is 13.0. The first-order chi connectivity index (χ1) is 16.2. The number of rotatable bonds is 5. The summed E-state index contributed by atoms with van der Waals surface area (Å²) in [6, 6.07) is 5.63. The van der Waals surface area contributed by atoms with Gasteiger partial charge in [0.1, 0.15) is 11.9 Å². The zero-order valence-corrected chi connectivity index (χ0v) is 21.9. The molecule has 180 valence electrons. The van der Waals surface area contributed by atoms with Crippen molar-refractivity contribution in [3.05, 3.63) is 35.0 Å². The third-order valence-electron chi connectivity index (χ3n) is 8.20. The maximum Gasteiger partial charge on any atom is 0.235 e. The smallest absolute Gasteiger partial charge is 0.235 e. The van der Waals surface area contributed by atoms with Gasteiger partial charge in [0.15, 0.2) is 0 Å². The fourth-order valence-corrected chi connectivity index (χ4v) is 6.90. The number of carbonyl (C=O) groups excluding carboxylic acids is 1. The van der Waals surface area contributed by atoms with Gasteiger partial charge >= 0.3 is 0 Å². The van der Waals surface area contributed by atoms with E-state index in [4.69, 9.17) is 9.84 Å². The number of nitrogens with zero attached hydrogens (tertiary/aromatic N) is 2. The van der Waals surface area contributed by atoms with Crippen LogP contribution in [0, 0.1) is 0 Å². The van der Waals surface area contributed by atoms with Crippen LogP contribution in [0.4, 0.5) is 5.69 Å². The van der Waals surface area contributed by atoms with Gasteiger partial charge in [-0.1, -0.05) is 32.5 Å². The van der Waals surface area contributed by atoms with Gasteiger partial charge in [-0.3, -0.25) is 4.79 Å². The lowest BCUT2D eigenvalue weighted by Crippen LogP contribution is -2.30. The van der Waals surface area contributed by atoms with Crippen LogP contribution < -0.4 is 5.32 Å². The number of carbonyl (C=O) groups is 1. The lowest BCUT2D eigenvalue weighted by atomic mass is 9.80. The molecular formula is C27H36N4O2Si. The minimum absolute atomic E-state index is 0.0719. The van der Waals surface area contributed by atoms with Crippen LogP contribution in [0.15, 0.2) is 18.3 Å². The quantitative estimate of drug-likeness (QED) is 0.433. The summed E-state index contributed by atoms with van der Waals surface area (Å²) < 4.78 is 8.17. The second-order valence-electron chi connectivity index (χ2n) is 11.8. The maximum absolute atomic E-state index is 12.9. The molecule has 1 fully saturated rings. The van der Waals surface area contributed by atoms with Gasteiger partial charge in [-0.2, -0.15) is 5.10 Å². The van der Waals surface area contributed by atoms with Gasteiger partial charge in [-0.05, 0) is 73.9 Å². The summed E-state index contributed by atoms with van der Waals surface area (Å²) in [6.45, 7) is 10.0. The molecular weight excluding hydrogens is 440 g/mol. The average molecular weight is 477 g/mol. The molecule has 3 heterocycles. The third-order valence-corrected chi connectivity index (χ3v) is 9.90. The molecule has 7 heteroatoms. The Morgan fingerprint density at radius 3 is 2.74 bits per heavy atom. The maximum atomic E-state index is 12.9. The molecule has 0 saturated heterocycles. The summed E-state index contributed by atoms with van der Waals surface area (Å²) >= 11 is 0. The molecule has 1 saturated carbocycles. The van der Waals surface area contributed by atoms with Gasteiger partial charge < -0.3 is 15.0 Å². The Balaban J connectivity index is 1.36. The number of aromatic amines is 1. The molecule has 1 aliphatic heterocycles. The van der Waals surface area contributed by atoms with E-state index in [9.17, 15) is 4.79 Å². The van der Waals surface area contributed by atoms with Crippen molar-refractivity contribution in [2.75, 3.05) is 11.9 Å². The molecule has 3 aliphatic rings. The lowest BCUT2D eigenvalue weighted by Gasteiger charge is -2.20. The molecule has 1 aromatic carbocycles. The minimum Gasteiger partial charge on any atom is -0.357 e. The van der Waals surface area contributed by atoms with Gasteiger partial charge in [-0.25, -0.2) is 4.68 Å². The second kappa shape index (κ2) is 7.82. The predicted molar refractivity (Wildman–Crippen MR) is 139 cm³/mol. The van der Waals surface area contributed by atoms with Crippen molar-refractivity contribution in [3.63, 3.8) is 0 Å². The van der Waals surface area contributed by atoms with E-state index in [2.05, 4.69) is 55.2 Å². The minimum atomic E-state index is -1.12. The van der Waals surface area contributed by atoms with Crippen LogP contribution in [-0.4, -0.2) is 35.4 Å². The number of fused-ring (bicyclic) bond motifs is 7. The Kier molecular flexibility index (Phi) is 5.08. The van der Waals surface area contributed by atoms with Crippen molar-refractivity contribution in [1.29, 1.82) is 0 Å². The number of hydrogen-bond donors (Lipinski definition) is 2. The topological polar surface area (TPSA) is 71.9 Å². The second-order valence-corrected chi connectivity index (χ2v) is 17.4.